The predicted octanol–water partition coefficient (Wildman–Crippen LogP) is 2.73. The number of halogens is 1. The molecule has 0 fully saturated rings. The maximum atomic E-state index is 12.3. The van der Waals surface area contributed by atoms with E-state index in [0.717, 1.165) is 5.56 Å². The number of amides is 1. The standard InChI is InChI=1S/C15H12ClN3O2/c16-11-2-1-3-12(7-11)18-15(21)13-8-17-14-6-10(9-20)4-5-19(13)14/h1-8,20H,9H2,(H,18,21). The van der Waals surface area contributed by atoms with Crippen molar-refractivity contribution >= 4 is 28.8 Å². The zero-order valence-electron chi connectivity index (χ0n) is 11.0. The maximum absolute atomic E-state index is 12.3. The van der Waals surface area contributed by atoms with E-state index in [1.54, 1.807) is 47.0 Å². The van der Waals surface area contributed by atoms with Crippen LogP contribution >= 0.6 is 11.6 Å². The van der Waals surface area contributed by atoms with Gasteiger partial charge < -0.3 is 10.4 Å². The van der Waals surface area contributed by atoms with Crippen LogP contribution < -0.4 is 5.32 Å². The van der Waals surface area contributed by atoms with Crippen molar-refractivity contribution in [3.8, 4) is 0 Å². The predicted molar refractivity (Wildman–Crippen MR) is 80.5 cm³/mol. The van der Waals surface area contributed by atoms with E-state index in [0.29, 0.717) is 22.1 Å². The van der Waals surface area contributed by atoms with Crippen molar-refractivity contribution in [2.75, 3.05) is 5.32 Å². The van der Waals surface area contributed by atoms with E-state index >= 15 is 0 Å². The van der Waals surface area contributed by atoms with E-state index in [4.69, 9.17) is 16.7 Å². The Balaban J connectivity index is 1.91. The van der Waals surface area contributed by atoms with Gasteiger partial charge in [-0.2, -0.15) is 0 Å². The lowest BCUT2D eigenvalue weighted by atomic mass is 10.3. The number of carbonyl (C=O) groups is 1. The minimum Gasteiger partial charge on any atom is -0.392 e. The second kappa shape index (κ2) is 5.55. The van der Waals surface area contributed by atoms with Crippen LogP contribution in [0, 0.1) is 0 Å². The lowest BCUT2D eigenvalue weighted by Gasteiger charge is -2.05. The van der Waals surface area contributed by atoms with Crippen molar-refractivity contribution in [1.29, 1.82) is 0 Å². The highest BCUT2D eigenvalue weighted by molar-refractivity contribution is 6.30. The van der Waals surface area contributed by atoms with Gasteiger partial charge in [0.25, 0.3) is 5.91 Å². The zero-order valence-corrected chi connectivity index (χ0v) is 11.7. The fraction of sp³-hybridized carbons (Fsp3) is 0.0667. The van der Waals surface area contributed by atoms with Gasteiger partial charge in [-0.1, -0.05) is 17.7 Å². The smallest absolute Gasteiger partial charge is 0.274 e. The number of hydrogen-bond acceptors (Lipinski definition) is 3. The van der Waals surface area contributed by atoms with Gasteiger partial charge in [0.1, 0.15) is 11.3 Å². The largest absolute Gasteiger partial charge is 0.392 e. The summed E-state index contributed by atoms with van der Waals surface area (Å²) < 4.78 is 1.67. The van der Waals surface area contributed by atoms with Crippen LogP contribution in [0.3, 0.4) is 0 Å². The summed E-state index contributed by atoms with van der Waals surface area (Å²) >= 11 is 5.89. The van der Waals surface area contributed by atoms with Gasteiger partial charge in [0.15, 0.2) is 0 Å². The van der Waals surface area contributed by atoms with Crippen molar-refractivity contribution in [3.05, 3.63) is 65.1 Å². The molecule has 2 aromatic heterocycles. The Morgan fingerprint density at radius 3 is 2.95 bits per heavy atom. The lowest BCUT2D eigenvalue weighted by molar-refractivity contribution is 0.102. The minimum atomic E-state index is -0.276. The summed E-state index contributed by atoms with van der Waals surface area (Å²) in [7, 11) is 0. The zero-order chi connectivity index (χ0) is 14.8. The molecule has 0 atom stereocenters. The molecule has 0 aliphatic carbocycles. The Kier molecular flexibility index (Phi) is 3.60. The monoisotopic (exact) mass is 301 g/mol. The van der Waals surface area contributed by atoms with Gasteiger partial charge in [-0.05, 0) is 35.9 Å². The van der Waals surface area contributed by atoms with E-state index in [1.807, 2.05) is 0 Å². The van der Waals surface area contributed by atoms with Crippen LogP contribution in [0.5, 0.6) is 0 Å². The summed E-state index contributed by atoms with van der Waals surface area (Å²) in [6.45, 7) is -0.0621. The molecule has 3 aromatic rings. The number of carbonyl (C=O) groups excluding carboxylic acids is 1. The molecular formula is C15H12ClN3O2. The Bertz CT molecular complexity index is 814. The van der Waals surface area contributed by atoms with Crippen LogP contribution in [0.4, 0.5) is 5.69 Å². The molecule has 0 spiro atoms. The molecule has 2 heterocycles. The van der Waals surface area contributed by atoms with Gasteiger partial charge >= 0.3 is 0 Å². The quantitative estimate of drug-likeness (QED) is 0.781. The van der Waals surface area contributed by atoms with Gasteiger partial charge in [0.05, 0.1) is 12.8 Å². The number of nitrogens with zero attached hydrogens (tertiary/aromatic N) is 2. The molecule has 0 unspecified atom stereocenters. The first-order chi connectivity index (χ1) is 10.2. The number of aromatic nitrogens is 2. The summed E-state index contributed by atoms with van der Waals surface area (Å²) in [5, 5.41) is 12.4. The van der Waals surface area contributed by atoms with Crippen LogP contribution in [-0.4, -0.2) is 20.4 Å². The normalized spacial score (nSPS) is 10.8. The molecule has 0 aliphatic rings. The Labute approximate surface area is 125 Å². The molecule has 1 amide bonds. The number of rotatable bonds is 3. The third-order valence-electron chi connectivity index (χ3n) is 3.08. The number of aliphatic hydroxyl groups excluding tert-OH is 1. The van der Waals surface area contributed by atoms with E-state index < -0.39 is 0 Å². The van der Waals surface area contributed by atoms with E-state index in [-0.39, 0.29) is 12.5 Å². The average molecular weight is 302 g/mol. The molecule has 6 heteroatoms. The van der Waals surface area contributed by atoms with Gasteiger partial charge in [-0.3, -0.25) is 9.20 Å². The Hall–Kier alpha value is -2.37. The molecule has 2 N–H and O–H groups in total. The third-order valence-corrected chi connectivity index (χ3v) is 3.31. The van der Waals surface area contributed by atoms with Crippen LogP contribution in [0.1, 0.15) is 16.1 Å². The lowest BCUT2D eigenvalue weighted by Crippen LogP contribution is -2.14. The van der Waals surface area contributed by atoms with E-state index in [1.165, 1.54) is 6.20 Å². The highest BCUT2D eigenvalue weighted by Crippen LogP contribution is 2.16. The maximum Gasteiger partial charge on any atom is 0.274 e. The van der Waals surface area contributed by atoms with Crippen LogP contribution in [0.15, 0.2) is 48.8 Å². The highest BCUT2D eigenvalue weighted by atomic mass is 35.5. The fourth-order valence-electron chi connectivity index (χ4n) is 2.05. The van der Waals surface area contributed by atoms with Crippen molar-refractivity contribution in [3.63, 3.8) is 0 Å². The third kappa shape index (κ3) is 2.74. The SMILES string of the molecule is O=C(Nc1cccc(Cl)c1)c1cnc2cc(CO)ccn12. The number of fused-ring (bicyclic) bond motifs is 1. The number of benzene rings is 1. The van der Waals surface area contributed by atoms with Crippen molar-refractivity contribution in [2.45, 2.75) is 6.61 Å². The molecule has 0 saturated heterocycles. The molecular weight excluding hydrogens is 290 g/mol. The van der Waals surface area contributed by atoms with Crippen molar-refractivity contribution < 1.29 is 9.90 Å². The molecule has 0 aliphatic heterocycles. The van der Waals surface area contributed by atoms with Gasteiger partial charge in [-0.15, -0.1) is 0 Å². The van der Waals surface area contributed by atoms with E-state index in [9.17, 15) is 4.79 Å². The van der Waals surface area contributed by atoms with Crippen molar-refractivity contribution in [1.82, 2.24) is 9.38 Å². The molecule has 0 saturated carbocycles. The van der Waals surface area contributed by atoms with E-state index in [2.05, 4.69) is 10.3 Å². The summed E-state index contributed by atoms with van der Waals surface area (Å²) in [6.07, 6.45) is 3.21. The first-order valence-electron chi connectivity index (χ1n) is 6.31. The molecule has 106 valence electrons. The Morgan fingerprint density at radius 2 is 2.19 bits per heavy atom. The number of hydrogen-bond donors (Lipinski definition) is 2. The van der Waals surface area contributed by atoms with Gasteiger partial charge in [0.2, 0.25) is 0 Å². The van der Waals surface area contributed by atoms with Crippen LogP contribution in [-0.2, 0) is 6.61 Å². The Morgan fingerprint density at radius 1 is 1.33 bits per heavy atom. The van der Waals surface area contributed by atoms with Crippen LogP contribution in [0.25, 0.3) is 5.65 Å². The summed E-state index contributed by atoms with van der Waals surface area (Å²) in [6, 6.07) is 10.4. The van der Waals surface area contributed by atoms with Crippen molar-refractivity contribution in [2.24, 2.45) is 0 Å². The first kappa shape index (κ1) is 13.6. The summed E-state index contributed by atoms with van der Waals surface area (Å²) in [5.41, 5.74) is 2.39. The second-order valence-corrected chi connectivity index (χ2v) is 4.97. The topological polar surface area (TPSA) is 66.6 Å². The number of anilines is 1. The molecule has 5 nitrogen and oxygen atoms in total. The number of nitrogens with one attached hydrogen (secondary N) is 1. The van der Waals surface area contributed by atoms with Gasteiger partial charge in [0, 0.05) is 16.9 Å². The number of pyridine rings is 1. The number of aliphatic hydroxyl groups is 1. The summed E-state index contributed by atoms with van der Waals surface area (Å²) in [4.78, 5) is 16.5. The minimum absolute atomic E-state index is 0.0621. The number of imidazole rings is 1. The summed E-state index contributed by atoms with van der Waals surface area (Å²) in [5.74, 6) is -0.276. The molecule has 1 aromatic carbocycles. The molecule has 0 radical (unpaired) electrons. The second-order valence-electron chi connectivity index (χ2n) is 4.53. The average Bonchev–Trinajstić information content (AvgIpc) is 2.90. The molecule has 3 rings (SSSR count). The van der Waals surface area contributed by atoms with Gasteiger partial charge in [-0.25, -0.2) is 4.98 Å². The highest BCUT2D eigenvalue weighted by Gasteiger charge is 2.12. The molecule has 0 bridgehead atoms. The fourth-order valence-corrected chi connectivity index (χ4v) is 2.24. The van der Waals surface area contributed by atoms with Crippen LogP contribution in [0.2, 0.25) is 5.02 Å². The molecule has 21 heavy (non-hydrogen) atoms. The first-order valence-corrected chi connectivity index (χ1v) is 6.69.